The normalized spacial score (nSPS) is 29.4. The monoisotopic (exact) mass is 174 g/mol. The Hall–Kier alpha value is -0.820. The molecule has 1 heteroatoms. The third-order valence-corrected chi connectivity index (χ3v) is 3.71. The van der Waals surface area contributed by atoms with Crippen molar-refractivity contribution in [3.8, 4) is 0 Å². The summed E-state index contributed by atoms with van der Waals surface area (Å²) in [7, 11) is 0. The van der Waals surface area contributed by atoms with Gasteiger partial charge in [0.05, 0.1) is 13.1 Å². The van der Waals surface area contributed by atoms with Crippen LogP contribution in [-0.4, -0.2) is 24.1 Å². The van der Waals surface area contributed by atoms with Crippen LogP contribution in [-0.2, 0) is 0 Å². The maximum atomic E-state index is 2.29. The summed E-state index contributed by atoms with van der Waals surface area (Å²) < 4.78 is 1.41. The lowest BCUT2D eigenvalue weighted by atomic mass is 10.1. The standard InChI is InChI=1S/C12H16N/c1-2-6-11(7-3-1)12-10-13(12)8-4-5-9-13/h1-3,6-7,12H,4-5,8-10H2/q+1/t12-/m1/s1. The van der Waals surface area contributed by atoms with Crippen LogP contribution in [0.25, 0.3) is 0 Å². The van der Waals surface area contributed by atoms with Crippen molar-refractivity contribution in [3.63, 3.8) is 0 Å². The third kappa shape index (κ3) is 1.11. The molecule has 0 unspecified atom stereocenters. The summed E-state index contributed by atoms with van der Waals surface area (Å²) in [5, 5.41) is 0. The molecule has 13 heavy (non-hydrogen) atoms. The Morgan fingerprint density at radius 3 is 2.38 bits per heavy atom. The van der Waals surface area contributed by atoms with E-state index in [0.717, 1.165) is 6.04 Å². The average Bonchev–Trinajstić information content (AvgIpc) is 2.66. The molecular weight excluding hydrogens is 158 g/mol. The zero-order valence-corrected chi connectivity index (χ0v) is 7.95. The fourth-order valence-corrected chi connectivity index (χ4v) is 2.85. The third-order valence-electron chi connectivity index (χ3n) is 3.71. The molecule has 2 heterocycles. The van der Waals surface area contributed by atoms with Gasteiger partial charge in [-0.05, 0) is 0 Å². The molecule has 2 fully saturated rings. The van der Waals surface area contributed by atoms with Gasteiger partial charge in [0.1, 0.15) is 6.54 Å². The molecule has 1 atom stereocenters. The van der Waals surface area contributed by atoms with E-state index >= 15 is 0 Å². The Morgan fingerprint density at radius 2 is 1.69 bits per heavy atom. The first-order valence-electron chi connectivity index (χ1n) is 5.31. The highest BCUT2D eigenvalue weighted by atomic mass is 15.5. The highest BCUT2D eigenvalue weighted by Crippen LogP contribution is 2.47. The molecule has 1 aromatic rings. The number of hydrogen-bond acceptors (Lipinski definition) is 0. The van der Waals surface area contributed by atoms with Gasteiger partial charge in [-0.25, -0.2) is 0 Å². The van der Waals surface area contributed by atoms with E-state index in [2.05, 4.69) is 30.3 Å². The number of rotatable bonds is 1. The van der Waals surface area contributed by atoms with E-state index in [1.54, 1.807) is 5.56 Å². The van der Waals surface area contributed by atoms with Gasteiger partial charge in [-0.2, -0.15) is 0 Å². The number of quaternary nitrogens is 1. The summed E-state index contributed by atoms with van der Waals surface area (Å²) in [6.45, 7) is 4.27. The minimum atomic E-state index is 0.851. The van der Waals surface area contributed by atoms with Crippen molar-refractivity contribution in [2.24, 2.45) is 0 Å². The van der Waals surface area contributed by atoms with Crippen molar-refractivity contribution in [1.82, 2.24) is 0 Å². The predicted molar refractivity (Wildman–Crippen MR) is 53.3 cm³/mol. The molecule has 2 aliphatic rings. The Balaban J connectivity index is 1.83. The highest BCUT2D eigenvalue weighted by molar-refractivity contribution is 5.20. The van der Waals surface area contributed by atoms with Crippen LogP contribution in [0, 0.1) is 0 Å². The zero-order chi connectivity index (χ0) is 8.73. The Morgan fingerprint density at radius 1 is 1.00 bits per heavy atom. The molecule has 0 radical (unpaired) electrons. The van der Waals surface area contributed by atoms with Crippen LogP contribution in [0.4, 0.5) is 0 Å². The fraction of sp³-hybridized carbons (Fsp3) is 0.500. The SMILES string of the molecule is c1ccc([C@H]2C[N+]23CCCC3)cc1. The number of benzene rings is 1. The second kappa shape index (κ2) is 2.58. The average molecular weight is 174 g/mol. The molecule has 1 aromatic carbocycles. The van der Waals surface area contributed by atoms with Gasteiger partial charge >= 0.3 is 0 Å². The Labute approximate surface area is 79.6 Å². The first kappa shape index (κ1) is 7.57. The van der Waals surface area contributed by atoms with Crippen LogP contribution in [0.1, 0.15) is 24.4 Å². The molecule has 0 bridgehead atoms. The second-order valence-corrected chi connectivity index (χ2v) is 4.48. The van der Waals surface area contributed by atoms with E-state index < -0.39 is 0 Å². The van der Waals surface area contributed by atoms with Crippen LogP contribution in [0.15, 0.2) is 30.3 Å². The molecule has 0 saturated carbocycles. The second-order valence-electron chi connectivity index (χ2n) is 4.48. The molecule has 0 aromatic heterocycles. The van der Waals surface area contributed by atoms with E-state index in [1.165, 1.54) is 37.0 Å². The van der Waals surface area contributed by atoms with Gasteiger partial charge in [0.2, 0.25) is 0 Å². The molecule has 2 aliphatic heterocycles. The smallest absolute Gasteiger partial charge is 0.164 e. The van der Waals surface area contributed by atoms with Crippen molar-refractivity contribution < 1.29 is 4.48 Å². The lowest BCUT2D eigenvalue weighted by molar-refractivity contribution is -0.803. The van der Waals surface area contributed by atoms with E-state index in [1.807, 2.05) is 0 Å². The molecular formula is C12H16N+. The van der Waals surface area contributed by atoms with E-state index in [9.17, 15) is 0 Å². The van der Waals surface area contributed by atoms with Crippen LogP contribution in [0.3, 0.4) is 0 Å². The molecule has 2 saturated heterocycles. The first-order valence-corrected chi connectivity index (χ1v) is 5.31. The van der Waals surface area contributed by atoms with Crippen molar-refractivity contribution in [2.45, 2.75) is 18.9 Å². The lowest BCUT2D eigenvalue weighted by Crippen LogP contribution is -2.21. The van der Waals surface area contributed by atoms with E-state index in [4.69, 9.17) is 0 Å². The van der Waals surface area contributed by atoms with Crippen molar-refractivity contribution in [3.05, 3.63) is 35.9 Å². The summed E-state index contributed by atoms with van der Waals surface area (Å²) in [4.78, 5) is 0. The number of hydrogen-bond donors (Lipinski definition) is 0. The minimum absolute atomic E-state index is 0.851. The summed E-state index contributed by atoms with van der Waals surface area (Å²) in [6.07, 6.45) is 2.90. The van der Waals surface area contributed by atoms with Gasteiger partial charge in [-0.15, -0.1) is 0 Å². The van der Waals surface area contributed by atoms with Gasteiger partial charge in [0, 0.05) is 18.4 Å². The topological polar surface area (TPSA) is 0 Å². The van der Waals surface area contributed by atoms with Crippen molar-refractivity contribution in [2.75, 3.05) is 19.6 Å². The molecule has 3 rings (SSSR count). The lowest BCUT2D eigenvalue weighted by Gasteiger charge is -2.11. The van der Waals surface area contributed by atoms with Crippen LogP contribution >= 0.6 is 0 Å². The predicted octanol–water partition coefficient (Wildman–Crippen LogP) is 2.35. The van der Waals surface area contributed by atoms with Gasteiger partial charge in [-0.1, -0.05) is 30.3 Å². The summed E-state index contributed by atoms with van der Waals surface area (Å²) in [6, 6.07) is 11.9. The number of nitrogens with zero attached hydrogens (tertiary/aromatic N) is 1. The fourth-order valence-electron chi connectivity index (χ4n) is 2.85. The molecule has 1 spiro atoms. The van der Waals surface area contributed by atoms with Crippen molar-refractivity contribution in [1.29, 1.82) is 0 Å². The highest BCUT2D eigenvalue weighted by Gasteiger charge is 2.56. The largest absolute Gasteiger partial charge is 0.307 e. The minimum Gasteiger partial charge on any atom is -0.307 e. The van der Waals surface area contributed by atoms with Gasteiger partial charge in [0.25, 0.3) is 0 Å². The Kier molecular flexibility index (Phi) is 1.50. The molecule has 0 aliphatic carbocycles. The summed E-state index contributed by atoms with van der Waals surface area (Å²) >= 11 is 0. The van der Waals surface area contributed by atoms with Gasteiger partial charge in [-0.3, -0.25) is 0 Å². The molecule has 0 N–H and O–H groups in total. The van der Waals surface area contributed by atoms with Crippen molar-refractivity contribution >= 4 is 0 Å². The van der Waals surface area contributed by atoms with Crippen LogP contribution < -0.4 is 0 Å². The summed E-state index contributed by atoms with van der Waals surface area (Å²) in [5.74, 6) is 0. The van der Waals surface area contributed by atoms with E-state index in [-0.39, 0.29) is 0 Å². The first-order chi connectivity index (χ1) is 6.41. The van der Waals surface area contributed by atoms with Gasteiger partial charge < -0.3 is 4.48 Å². The maximum absolute atomic E-state index is 2.29. The summed E-state index contributed by atoms with van der Waals surface area (Å²) in [5.41, 5.74) is 1.56. The molecule has 68 valence electrons. The quantitative estimate of drug-likeness (QED) is 0.453. The molecule has 1 nitrogen and oxygen atoms in total. The Bertz CT molecular complexity index is 298. The van der Waals surface area contributed by atoms with E-state index in [0.29, 0.717) is 0 Å². The molecule has 0 amide bonds. The van der Waals surface area contributed by atoms with Crippen LogP contribution in [0.2, 0.25) is 0 Å². The van der Waals surface area contributed by atoms with Gasteiger partial charge in [0.15, 0.2) is 6.04 Å². The maximum Gasteiger partial charge on any atom is 0.164 e. The zero-order valence-electron chi connectivity index (χ0n) is 7.95. The van der Waals surface area contributed by atoms with Crippen LogP contribution in [0.5, 0.6) is 0 Å².